The van der Waals surface area contributed by atoms with E-state index < -0.39 is 5.97 Å². The zero-order valence-corrected chi connectivity index (χ0v) is 6.54. The first-order chi connectivity index (χ1) is 5.66. The molecular formula is C7H10N2O3. The summed E-state index contributed by atoms with van der Waals surface area (Å²) >= 11 is 0. The van der Waals surface area contributed by atoms with Crippen molar-refractivity contribution in [2.24, 2.45) is 0 Å². The normalized spacial score (nSPS) is 8.58. The fraction of sp³-hybridized carbons (Fsp3) is 0.571. The summed E-state index contributed by atoms with van der Waals surface area (Å²) in [4.78, 5) is 20.6. The molecule has 0 aliphatic heterocycles. The number of hydrogen-bond acceptors (Lipinski definition) is 3. The van der Waals surface area contributed by atoms with Gasteiger partial charge in [-0.15, -0.1) is 0 Å². The fourth-order valence-electron chi connectivity index (χ4n) is 0.602. The fourth-order valence-corrected chi connectivity index (χ4v) is 0.602. The second kappa shape index (κ2) is 6.16. The molecule has 5 heteroatoms. The number of carboxylic acid groups (broad SMARTS) is 1. The van der Waals surface area contributed by atoms with Gasteiger partial charge in [0.15, 0.2) is 0 Å². The first-order valence-corrected chi connectivity index (χ1v) is 3.52. The van der Waals surface area contributed by atoms with E-state index in [0.29, 0.717) is 13.0 Å². The van der Waals surface area contributed by atoms with Crippen LogP contribution < -0.4 is 5.32 Å². The maximum Gasteiger partial charge on any atom is 0.303 e. The van der Waals surface area contributed by atoms with Crippen molar-refractivity contribution in [2.45, 2.75) is 19.3 Å². The van der Waals surface area contributed by atoms with Crippen molar-refractivity contribution in [1.29, 1.82) is 5.26 Å². The van der Waals surface area contributed by atoms with Crippen LogP contribution in [0, 0.1) is 11.3 Å². The maximum atomic E-state index is 10.6. The highest BCUT2D eigenvalue weighted by molar-refractivity contribution is 5.77. The zero-order valence-electron chi connectivity index (χ0n) is 6.54. The van der Waals surface area contributed by atoms with Gasteiger partial charge in [-0.2, -0.15) is 5.26 Å². The molecule has 0 aliphatic rings. The Bertz CT molecular complexity index is 207. The van der Waals surface area contributed by atoms with Crippen molar-refractivity contribution in [3.63, 3.8) is 0 Å². The van der Waals surface area contributed by atoms with E-state index in [0.717, 1.165) is 0 Å². The molecule has 0 atom stereocenters. The van der Waals surface area contributed by atoms with Gasteiger partial charge in [0.25, 0.3) is 0 Å². The van der Waals surface area contributed by atoms with Crippen LogP contribution in [0.3, 0.4) is 0 Å². The van der Waals surface area contributed by atoms with Crippen molar-refractivity contribution in [3.05, 3.63) is 0 Å². The molecule has 0 unspecified atom stereocenters. The Hall–Kier alpha value is -1.57. The van der Waals surface area contributed by atoms with Gasteiger partial charge < -0.3 is 10.4 Å². The summed E-state index contributed by atoms with van der Waals surface area (Å²) in [5.41, 5.74) is 0. The molecular weight excluding hydrogens is 160 g/mol. The van der Waals surface area contributed by atoms with Crippen molar-refractivity contribution < 1.29 is 14.7 Å². The standard InChI is InChI=1S/C7H10N2O3/c8-4-3-6(10)9-5-1-2-7(11)12/h1-3,5H2,(H,9,10)(H,11,12). The quantitative estimate of drug-likeness (QED) is 0.563. The van der Waals surface area contributed by atoms with Crippen molar-refractivity contribution in [2.75, 3.05) is 6.54 Å². The van der Waals surface area contributed by atoms with Crippen LogP contribution in [0.2, 0.25) is 0 Å². The van der Waals surface area contributed by atoms with Crippen LogP contribution in [-0.4, -0.2) is 23.5 Å². The maximum absolute atomic E-state index is 10.6. The van der Waals surface area contributed by atoms with Gasteiger partial charge >= 0.3 is 5.97 Å². The van der Waals surface area contributed by atoms with Gasteiger partial charge in [0.1, 0.15) is 6.42 Å². The predicted octanol–water partition coefficient (Wildman–Crippen LogP) is -0.119. The number of rotatable bonds is 5. The number of carbonyl (C=O) groups excluding carboxylic acids is 1. The first kappa shape index (κ1) is 10.4. The lowest BCUT2D eigenvalue weighted by Gasteiger charge is -1.99. The summed E-state index contributed by atoms with van der Waals surface area (Å²) in [5.74, 6) is -1.24. The van der Waals surface area contributed by atoms with Crippen LogP contribution >= 0.6 is 0 Å². The lowest BCUT2D eigenvalue weighted by Crippen LogP contribution is -2.23. The zero-order chi connectivity index (χ0) is 9.40. The molecule has 0 aromatic carbocycles. The summed E-state index contributed by atoms with van der Waals surface area (Å²) in [6.07, 6.45) is 0.256. The molecule has 2 N–H and O–H groups in total. The molecule has 0 aromatic heterocycles. The van der Waals surface area contributed by atoms with E-state index in [1.54, 1.807) is 6.07 Å². The second-order valence-corrected chi connectivity index (χ2v) is 2.18. The van der Waals surface area contributed by atoms with Crippen LogP contribution in [-0.2, 0) is 9.59 Å². The van der Waals surface area contributed by atoms with Crippen LogP contribution in [0.25, 0.3) is 0 Å². The first-order valence-electron chi connectivity index (χ1n) is 3.52. The monoisotopic (exact) mass is 170 g/mol. The smallest absolute Gasteiger partial charge is 0.303 e. The molecule has 12 heavy (non-hydrogen) atoms. The number of carbonyl (C=O) groups is 2. The van der Waals surface area contributed by atoms with E-state index in [2.05, 4.69) is 5.32 Å². The predicted molar refractivity (Wildman–Crippen MR) is 40.1 cm³/mol. The summed E-state index contributed by atoms with van der Waals surface area (Å²) in [7, 11) is 0. The molecule has 0 rings (SSSR count). The van der Waals surface area contributed by atoms with Crippen LogP contribution in [0.15, 0.2) is 0 Å². The van der Waals surface area contributed by atoms with E-state index in [1.165, 1.54) is 0 Å². The molecule has 0 radical (unpaired) electrons. The van der Waals surface area contributed by atoms with Crippen LogP contribution in [0.4, 0.5) is 0 Å². The lowest BCUT2D eigenvalue weighted by atomic mass is 10.3. The molecule has 0 saturated carbocycles. The SMILES string of the molecule is N#CCC(=O)NCCCC(=O)O. The minimum absolute atomic E-state index is 0.0346. The Labute approximate surface area is 70.0 Å². The highest BCUT2D eigenvalue weighted by Crippen LogP contribution is 1.86. The van der Waals surface area contributed by atoms with E-state index in [4.69, 9.17) is 10.4 Å². The number of aliphatic carboxylic acids is 1. The third-order valence-electron chi connectivity index (χ3n) is 1.13. The Balaban J connectivity index is 3.27. The summed E-state index contributed by atoms with van der Waals surface area (Å²) in [6, 6.07) is 1.69. The second-order valence-electron chi connectivity index (χ2n) is 2.18. The number of amides is 1. The van der Waals surface area contributed by atoms with Gasteiger partial charge in [0.05, 0.1) is 6.07 Å². The molecule has 0 bridgehead atoms. The molecule has 0 heterocycles. The summed E-state index contributed by atoms with van der Waals surface area (Å²) in [6.45, 7) is 0.312. The van der Waals surface area contributed by atoms with Gasteiger partial charge in [-0.05, 0) is 6.42 Å². The summed E-state index contributed by atoms with van der Waals surface area (Å²) < 4.78 is 0. The minimum Gasteiger partial charge on any atom is -0.481 e. The Morgan fingerprint density at radius 3 is 2.67 bits per heavy atom. The highest BCUT2D eigenvalue weighted by atomic mass is 16.4. The molecule has 66 valence electrons. The van der Waals surface area contributed by atoms with Gasteiger partial charge in [-0.3, -0.25) is 9.59 Å². The highest BCUT2D eigenvalue weighted by Gasteiger charge is 1.99. The van der Waals surface area contributed by atoms with Crippen molar-refractivity contribution in [3.8, 4) is 6.07 Å². The number of carboxylic acids is 1. The van der Waals surface area contributed by atoms with E-state index in [1.807, 2.05) is 0 Å². The van der Waals surface area contributed by atoms with Crippen molar-refractivity contribution in [1.82, 2.24) is 5.32 Å². The van der Waals surface area contributed by atoms with E-state index in [9.17, 15) is 9.59 Å². The Morgan fingerprint density at radius 2 is 2.17 bits per heavy atom. The van der Waals surface area contributed by atoms with E-state index in [-0.39, 0.29) is 18.7 Å². The summed E-state index contributed by atoms with van der Waals surface area (Å²) in [5, 5.41) is 18.7. The lowest BCUT2D eigenvalue weighted by molar-refractivity contribution is -0.137. The largest absolute Gasteiger partial charge is 0.481 e. The average Bonchev–Trinajstić information content (AvgIpc) is 1.98. The molecule has 1 amide bonds. The number of hydrogen-bond donors (Lipinski definition) is 2. The van der Waals surface area contributed by atoms with Gasteiger partial charge in [-0.1, -0.05) is 0 Å². The minimum atomic E-state index is -0.885. The Morgan fingerprint density at radius 1 is 1.50 bits per heavy atom. The number of nitrogens with zero attached hydrogens (tertiary/aromatic N) is 1. The average molecular weight is 170 g/mol. The van der Waals surface area contributed by atoms with Gasteiger partial charge in [-0.25, -0.2) is 0 Å². The van der Waals surface area contributed by atoms with Crippen LogP contribution in [0.5, 0.6) is 0 Å². The third kappa shape index (κ3) is 6.55. The molecule has 0 spiro atoms. The number of nitriles is 1. The topological polar surface area (TPSA) is 90.2 Å². The third-order valence-corrected chi connectivity index (χ3v) is 1.13. The molecule has 0 fully saturated rings. The Kier molecular flexibility index (Phi) is 5.35. The van der Waals surface area contributed by atoms with Crippen molar-refractivity contribution >= 4 is 11.9 Å². The van der Waals surface area contributed by atoms with Gasteiger partial charge in [0, 0.05) is 13.0 Å². The molecule has 0 aliphatic carbocycles. The molecule has 0 aromatic rings. The molecule has 0 saturated heterocycles. The van der Waals surface area contributed by atoms with E-state index >= 15 is 0 Å². The number of nitrogens with one attached hydrogen (secondary N) is 1. The van der Waals surface area contributed by atoms with Gasteiger partial charge in [0.2, 0.25) is 5.91 Å². The molecule has 5 nitrogen and oxygen atoms in total. The van der Waals surface area contributed by atoms with Crippen LogP contribution in [0.1, 0.15) is 19.3 Å².